The molecule has 0 spiro atoms. The van der Waals surface area contributed by atoms with Crippen LogP contribution in [0.3, 0.4) is 0 Å². The van der Waals surface area contributed by atoms with E-state index in [4.69, 9.17) is 0 Å². The van der Waals surface area contributed by atoms with Crippen LogP contribution in [-0.2, 0) is 6.18 Å². The third kappa shape index (κ3) is 4.13. The maximum Gasteiger partial charge on any atom is 0.416 e. The van der Waals surface area contributed by atoms with Gasteiger partial charge in [0.25, 0.3) is 0 Å². The van der Waals surface area contributed by atoms with Gasteiger partial charge in [0, 0.05) is 4.47 Å². The molecule has 4 heteroatoms. The molecule has 0 atom stereocenters. The Hall–Kier alpha value is -0.510. The molecular formula is C10H12BrF3. The number of aryl methyl sites for hydroxylation is 1. The number of rotatable bonds is 0. The van der Waals surface area contributed by atoms with Crippen molar-refractivity contribution >= 4 is 15.9 Å². The molecule has 0 amide bonds. The molecule has 0 saturated carbocycles. The zero-order valence-corrected chi connectivity index (χ0v) is 9.83. The quantitative estimate of drug-likeness (QED) is 0.634. The Morgan fingerprint density at radius 2 is 1.57 bits per heavy atom. The van der Waals surface area contributed by atoms with E-state index in [1.54, 1.807) is 13.0 Å². The summed E-state index contributed by atoms with van der Waals surface area (Å²) in [6, 6.07) is 3.81. The summed E-state index contributed by atoms with van der Waals surface area (Å²) in [5, 5.41) is 0. The van der Waals surface area contributed by atoms with Crippen LogP contribution < -0.4 is 0 Å². The number of hydrogen-bond donors (Lipinski definition) is 0. The standard InChI is InChI=1S/C8H6BrF3.C2H6/c1-5-2-6(8(10,11)12)4-7(9)3-5;1-2/h2-4H,1H3;1-2H3. The van der Waals surface area contributed by atoms with Gasteiger partial charge in [0.15, 0.2) is 0 Å². The smallest absolute Gasteiger partial charge is 0.166 e. The normalized spacial score (nSPS) is 10.5. The molecule has 0 heterocycles. The first-order chi connectivity index (χ1) is 6.39. The minimum atomic E-state index is -4.26. The van der Waals surface area contributed by atoms with Gasteiger partial charge in [-0.3, -0.25) is 0 Å². The van der Waals surface area contributed by atoms with E-state index in [9.17, 15) is 13.2 Å². The molecule has 0 bridgehead atoms. The second-order valence-corrected chi connectivity index (χ2v) is 3.43. The molecule has 0 fully saturated rings. The lowest BCUT2D eigenvalue weighted by molar-refractivity contribution is -0.137. The molecule has 0 radical (unpaired) electrons. The fourth-order valence-corrected chi connectivity index (χ4v) is 1.51. The maximum atomic E-state index is 12.1. The monoisotopic (exact) mass is 268 g/mol. The van der Waals surface area contributed by atoms with Crippen molar-refractivity contribution < 1.29 is 13.2 Å². The Kier molecular flexibility index (Phi) is 5.19. The van der Waals surface area contributed by atoms with E-state index in [1.165, 1.54) is 0 Å². The molecule has 80 valence electrons. The van der Waals surface area contributed by atoms with Crippen LogP contribution in [0.1, 0.15) is 25.0 Å². The summed E-state index contributed by atoms with van der Waals surface area (Å²) < 4.78 is 36.8. The summed E-state index contributed by atoms with van der Waals surface area (Å²) in [7, 11) is 0. The lowest BCUT2D eigenvalue weighted by atomic mass is 10.1. The molecule has 0 aliphatic rings. The predicted octanol–water partition coefficient (Wildman–Crippen LogP) is 4.80. The van der Waals surface area contributed by atoms with Gasteiger partial charge in [0.1, 0.15) is 0 Å². The van der Waals surface area contributed by atoms with Crippen LogP contribution in [0, 0.1) is 6.92 Å². The minimum Gasteiger partial charge on any atom is -0.166 e. The van der Waals surface area contributed by atoms with E-state index in [0.717, 1.165) is 12.1 Å². The molecule has 0 nitrogen and oxygen atoms in total. The maximum absolute atomic E-state index is 12.1. The summed E-state index contributed by atoms with van der Waals surface area (Å²) in [6.07, 6.45) is -4.26. The van der Waals surface area contributed by atoms with Crippen molar-refractivity contribution in [3.05, 3.63) is 33.8 Å². The van der Waals surface area contributed by atoms with E-state index >= 15 is 0 Å². The number of alkyl halides is 3. The van der Waals surface area contributed by atoms with Gasteiger partial charge < -0.3 is 0 Å². The molecular weight excluding hydrogens is 257 g/mol. The second kappa shape index (κ2) is 5.39. The molecule has 0 N–H and O–H groups in total. The summed E-state index contributed by atoms with van der Waals surface area (Å²) >= 11 is 3.01. The lowest BCUT2D eigenvalue weighted by Crippen LogP contribution is -2.04. The van der Waals surface area contributed by atoms with Crippen molar-refractivity contribution in [1.29, 1.82) is 0 Å². The second-order valence-electron chi connectivity index (χ2n) is 2.52. The van der Waals surface area contributed by atoms with Crippen molar-refractivity contribution in [2.24, 2.45) is 0 Å². The Morgan fingerprint density at radius 3 is 1.93 bits per heavy atom. The summed E-state index contributed by atoms with van der Waals surface area (Å²) in [5.41, 5.74) is -0.0222. The molecule has 0 aromatic heterocycles. The van der Waals surface area contributed by atoms with Gasteiger partial charge in [-0.05, 0) is 30.7 Å². The fourth-order valence-electron chi connectivity index (χ4n) is 0.900. The van der Waals surface area contributed by atoms with Crippen LogP contribution in [-0.4, -0.2) is 0 Å². The first-order valence-electron chi connectivity index (χ1n) is 4.24. The highest BCUT2D eigenvalue weighted by Crippen LogP contribution is 2.31. The van der Waals surface area contributed by atoms with Crippen molar-refractivity contribution in [3.8, 4) is 0 Å². The van der Waals surface area contributed by atoms with Crippen molar-refractivity contribution in [2.75, 3.05) is 0 Å². The van der Waals surface area contributed by atoms with Gasteiger partial charge >= 0.3 is 6.18 Å². The zero-order chi connectivity index (χ0) is 11.4. The first-order valence-corrected chi connectivity index (χ1v) is 5.03. The van der Waals surface area contributed by atoms with Gasteiger partial charge in [-0.2, -0.15) is 13.2 Å². The fraction of sp³-hybridized carbons (Fsp3) is 0.400. The molecule has 1 aromatic rings. The first kappa shape index (κ1) is 13.5. The summed E-state index contributed by atoms with van der Waals surface area (Å²) in [5.74, 6) is 0. The topological polar surface area (TPSA) is 0 Å². The zero-order valence-electron chi connectivity index (χ0n) is 8.24. The Bertz CT molecular complexity index is 272. The van der Waals surface area contributed by atoms with E-state index < -0.39 is 11.7 Å². The van der Waals surface area contributed by atoms with Crippen molar-refractivity contribution in [3.63, 3.8) is 0 Å². The largest absolute Gasteiger partial charge is 0.416 e. The number of benzene rings is 1. The van der Waals surface area contributed by atoms with Crippen LogP contribution in [0.5, 0.6) is 0 Å². The third-order valence-corrected chi connectivity index (χ3v) is 1.83. The Balaban J connectivity index is 0.000000791. The minimum absolute atomic E-state index is 0.454. The van der Waals surface area contributed by atoms with Crippen LogP contribution in [0.4, 0.5) is 13.2 Å². The van der Waals surface area contributed by atoms with Gasteiger partial charge in [0.2, 0.25) is 0 Å². The molecule has 1 aromatic carbocycles. The van der Waals surface area contributed by atoms with Crippen molar-refractivity contribution in [1.82, 2.24) is 0 Å². The van der Waals surface area contributed by atoms with E-state index in [2.05, 4.69) is 15.9 Å². The lowest BCUT2D eigenvalue weighted by Gasteiger charge is -2.07. The molecule has 0 unspecified atom stereocenters. The SMILES string of the molecule is CC.Cc1cc(Br)cc(C(F)(F)F)c1. The van der Waals surface area contributed by atoms with Crippen LogP contribution >= 0.6 is 15.9 Å². The van der Waals surface area contributed by atoms with Gasteiger partial charge in [-0.15, -0.1) is 0 Å². The summed E-state index contributed by atoms with van der Waals surface area (Å²) in [4.78, 5) is 0. The highest BCUT2D eigenvalue weighted by molar-refractivity contribution is 9.10. The average Bonchev–Trinajstić information content (AvgIpc) is 2.04. The van der Waals surface area contributed by atoms with Crippen molar-refractivity contribution in [2.45, 2.75) is 26.9 Å². The van der Waals surface area contributed by atoms with Crippen LogP contribution in [0.2, 0.25) is 0 Å². The van der Waals surface area contributed by atoms with Gasteiger partial charge in [0.05, 0.1) is 5.56 Å². The molecule has 0 saturated heterocycles. The van der Waals surface area contributed by atoms with Crippen LogP contribution in [0.25, 0.3) is 0 Å². The number of halogens is 4. The predicted molar refractivity (Wildman–Crippen MR) is 55.2 cm³/mol. The highest BCUT2D eigenvalue weighted by atomic mass is 79.9. The number of hydrogen-bond acceptors (Lipinski definition) is 0. The average molecular weight is 269 g/mol. The summed E-state index contributed by atoms with van der Waals surface area (Å²) in [6.45, 7) is 5.62. The highest BCUT2D eigenvalue weighted by Gasteiger charge is 2.30. The van der Waals surface area contributed by atoms with E-state index in [-0.39, 0.29) is 0 Å². The Labute approximate surface area is 90.3 Å². The molecule has 0 aliphatic heterocycles. The molecule has 0 aliphatic carbocycles. The van der Waals surface area contributed by atoms with Gasteiger partial charge in [-0.1, -0.05) is 29.8 Å². The molecule has 1 rings (SSSR count). The molecule has 14 heavy (non-hydrogen) atoms. The van der Waals surface area contributed by atoms with E-state index in [1.807, 2.05) is 13.8 Å². The Morgan fingerprint density at radius 1 is 1.07 bits per heavy atom. The van der Waals surface area contributed by atoms with Crippen LogP contribution in [0.15, 0.2) is 22.7 Å². The van der Waals surface area contributed by atoms with Gasteiger partial charge in [-0.25, -0.2) is 0 Å². The third-order valence-electron chi connectivity index (χ3n) is 1.37. The van der Waals surface area contributed by atoms with E-state index in [0.29, 0.717) is 10.0 Å².